The van der Waals surface area contributed by atoms with E-state index < -0.39 is 0 Å². The molecule has 0 saturated heterocycles. The lowest BCUT2D eigenvalue weighted by Gasteiger charge is -2.23. The number of hydrogen-bond acceptors (Lipinski definition) is 3. The summed E-state index contributed by atoms with van der Waals surface area (Å²) in [5, 5.41) is 12.6. The highest BCUT2D eigenvalue weighted by atomic mass is 16.5. The minimum atomic E-state index is -0.264. The van der Waals surface area contributed by atoms with Crippen molar-refractivity contribution in [3.63, 3.8) is 0 Å². The maximum atomic E-state index is 9.23. The van der Waals surface area contributed by atoms with Gasteiger partial charge in [-0.1, -0.05) is 36.4 Å². The summed E-state index contributed by atoms with van der Waals surface area (Å²) in [5.74, 6) is 0.869. The molecule has 0 amide bonds. The second-order valence-electron chi connectivity index (χ2n) is 6.25. The molecular weight excluding hydrogens is 274 g/mol. The topological polar surface area (TPSA) is 41.5 Å². The highest BCUT2D eigenvalue weighted by Crippen LogP contribution is 2.16. The van der Waals surface area contributed by atoms with Gasteiger partial charge in [-0.05, 0) is 49.6 Å². The van der Waals surface area contributed by atoms with Crippen LogP contribution >= 0.6 is 0 Å². The molecule has 22 heavy (non-hydrogen) atoms. The van der Waals surface area contributed by atoms with Crippen LogP contribution in [0.2, 0.25) is 0 Å². The highest BCUT2D eigenvalue weighted by Gasteiger charge is 2.14. The van der Waals surface area contributed by atoms with Crippen LogP contribution in [-0.2, 0) is 13.2 Å². The van der Waals surface area contributed by atoms with Crippen LogP contribution in [0.3, 0.4) is 0 Å². The van der Waals surface area contributed by atoms with E-state index in [1.165, 1.54) is 16.7 Å². The fraction of sp³-hybridized carbons (Fsp3) is 0.368. The fourth-order valence-electron chi connectivity index (χ4n) is 2.03. The first-order valence-electron chi connectivity index (χ1n) is 7.62. The van der Waals surface area contributed by atoms with Crippen LogP contribution in [0, 0.1) is 6.92 Å². The van der Waals surface area contributed by atoms with Gasteiger partial charge in [-0.2, -0.15) is 0 Å². The van der Waals surface area contributed by atoms with Gasteiger partial charge in [0.15, 0.2) is 0 Å². The molecule has 118 valence electrons. The molecule has 0 aliphatic heterocycles. The summed E-state index contributed by atoms with van der Waals surface area (Å²) in [7, 11) is 0. The predicted octanol–water partition coefficient (Wildman–Crippen LogP) is 3.43. The highest BCUT2D eigenvalue weighted by molar-refractivity contribution is 5.29. The van der Waals surface area contributed by atoms with E-state index in [2.05, 4.69) is 24.4 Å². The van der Waals surface area contributed by atoms with Crippen LogP contribution in [0.1, 0.15) is 30.5 Å². The fourth-order valence-corrected chi connectivity index (χ4v) is 2.03. The lowest BCUT2D eigenvalue weighted by Crippen LogP contribution is -2.42. The van der Waals surface area contributed by atoms with Crippen molar-refractivity contribution >= 4 is 0 Å². The Labute approximate surface area is 133 Å². The van der Waals surface area contributed by atoms with Crippen molar-refractivity contribution in [3.05, 3.63) is 65.2 Å². The molecule has 3 nitrogen and oxygen atoms in total. The predicted molar refractivity (Wildman–Crippen MR) is 90.0 cm³/mol. The lowest BCUT2D eigenvalue weighted by atomic mass is 10.1. The van der Waals surface area contributed by atoms with E-state index in [-0.39, 0.29) is 12.1 Å². The zero-order chi connectivity index (χ0) is 16.0. The summed E-state index contributed by atoms with van der Waals surface area (Å²) >= 11 is 0. The van der Waals surface area contributed by atoms with Crippen LogP contribution in [0.5, 0.6) is 5.75 Å². The summed E-state index contributed by atoms with van der Waals surface area (Å²) < 4.78 is 5.83. The molecule has 0 bridgehead atoms. The third-order valence-electron chi connectivity index (χ3n) is 3.75. The zero-order valence-corrected chi connectivity index (χ0v) is 13.6. The Morgan fingerprint density at radius 3 is 2.36 bits per heavy atom. The average Bonchev–Trinajstić information content (AvgIpc) is 2.53. The number of aryl methyl sites for hydroxylation is 1. The van der Waals surface area contributed by atoms with Crippen molar-refractivity contribution in [1.82, 2.24) is 5.32 Å². The molecule has 0 aliphatic rings. The number of hydrogen-bond donors (Lipinski definition) is 2. The quantitative estimate of drug-likeness (QED) is 0.823. The van der Waals surface area contributed by atoms with E-state index in [1.54, 1.807) is 0 Å². The van der Waals surface area contributed by atoms with Gasteiger partial charge in [0.1, 0.15) is 12.4 Å². The second-order valence-corrected chi connectivity index (χ2v) is 6.25. The Morgan fingerprint density at radius 2 is 1.73 bits per heavy atom. The smallest absolute Gasteiger partial charge is 0.119 e. The van der Waals surface area contributed by atoms with Crippen LogP contribution in [-0.4, -0.2) is 17.3 Å². The Hall–Kier alpha value is -1.84. The SMILES string of the molecule is Cc1ccccc1COc1ccc(CNC(C)(C)CO)cc1. The maximum absolute atomic E-state index is 9.23. The maximum Gasteiger partial charge on any atom is 0.119 e. The lowest BCUT2D eigenvalue weighted by molar-refractivity contribution is 0.187. The van der Waals surface area contributed by atoms with Gasteiger partial charge in [0.2, 0.25) is 0 Å². The molecule has 0 fully saturated rings. The first-order chi connectivity index (χ1) is 10.5. The number of aliphatic hydroxyl groups is 1. The molecule has 0 atom stereocenters. The van der Waals surface area contributed by atoms with Crippen LogP contribution in [0.4, 0.5) is 0 Å². The molecular formula is C19H25NO2. The third kappa shape index (κ3) is 4.86. The van der Waals surface area contributed by atoms with E-state index in [0.717, 1.165) is 12.3 Å². The third-order valence-corrected chi connectivity index (χ3v) is 3.75. The monoisotopic (exact) mass is 299 g/mol. The van der Waals surface area contributed by atoms with Crippen molar-refractivity contribution in [3.8, 4) is 5.75 Å². The Balaban J connectivity index is 1.88. The first-order valence-corrected chi connectivity index (χ1v) is 7.62. The van der Waals surface area contributed by atoms with Crippen LogP contribution in [0.25, 0.3) is 0 Å². The first kappa shape index (κ1) is 16.5. The second kappa shape index (κ2) is 7.43. The average molecular weight is 299 g/mol. The number of ether oxygens (including phenoxy) is 1. The molecule has 0 radical (unpaired) electrons. The summed E-state index contributed by atoms with van der Waals surface area (Å²) in [6, 6.07) is 16.3. The summed E-state index contributed by atoms with van der Waals surface area (Å²) in [4.78, 5) is 0. The zero-order valence-electron chi connectivity index (χ0n) is 13.6. The molecule has 0 aromatic heterocycles. The van der Waals surface area contributed by atoms with Crippen molar-refractivity contribution in [1.29, 1.82) is 0 Å². The number of nitrogens with one attached hydrogen (secondary N) is 1. The summed E-state index contributed by atoms with van der Waals surface area (Å²) in [6.07, 6.45) is 0. The molecule has 0 spiro atoms. The van der Waals surface area contributed by atoms with E-state index in [0.29, 0.717) is 6.61 Å². The van der Waals surface area contributed by atoms with Gasteiger partial charge in [-0.25, -0.2) is 0 Å². The Morgan fingerprint density at radius 1 is 1.05 bits per heavy atom. The minimum Gasteiger partial charge on any atom is -0.489 e. The van der Waals surface area contributed by atoms with E-state index >= 15 is 0 Å². The molecule has 0 saturated carbocycles. The number of benzene rings is 2. The molecule has 3 heteroatoms. The van der Waals surface area contributed by atoms with E-state index in [9.17, 15) is 5.11 Å². The van der Waals surface area contributed by atoms with Gasteiger partial charge in [-0.15, -0.1) is 0 Å². The van der Waals surface area contributed by atoms with Gasteiger partial charge in [0.05, 0.1) is 6.61 Å². The van der Waals surface area contributed by atoms with Gasteiger partial charge >= 0.3 is 0 Å². The molecule has 2 aromatic carbocycles. The Kier molecular flexibility index (Phi) is 5.58. The Bertz CT molecular complexity index is 591. The van der Waals surface area contributed by atoms with E-state index in [1.807, 2.05) is 50.2 Å². The standard InChI is InChI=1S/C19H25NO2/c1-15-6-4-5-7-17(15)13-22-18-10-8-16(9-11-18)12-20-19(2,3)14-21/h4-11,20-21H,12-14H2,1-3H3. The molecule has 2 N–H and O–H groups in total. The molecule has 0 aliphatic carbocycles. The molecule has 0 unspecified atom stereocenters. The van der Waals surface area contributed by atoms with Crippen molar-refractivity contribution in [2.75, 3.05) is 6.61 Å². The largest absolute Gasteiger partial charge is 0.489 e. The molecule has 2 rings (SSSR count). The minimum absolute atomic E-state index is 0.116. The van der Waals surface area contributed by atoms with Crippen molar-refractivity contribution in [2.45, 2.75) is 39.5 Å². The van der Waals surface area contributed by atoms with Crippen LogP contribution in [0.15, 0.2) is 48.5 Å². The molecule has 2 aromatic rings. The van der Waals surface area contributed by atoms with Crippen molar-refractivity contribution in [2.24, 2.45) is 0 Å². The van der Waals surface area contributed by atoms with Gasteiger partial charge in [-0.3, -0.25) is 0 Å². The number of aliphatic hydroxyl groups excluding tert-OH is 1. The normalized spacial score (nSPS) is 11.5. The number of rotatable bonds is 7. The van der Waals surface area contributed by atoms with Gasteiger partial charge < -0.3 is 15.2 Å². The van der Waals surface area contributed by atoms with Gasteiger partial charge in [0.25, 0.3) is 0 Å². The van der Waals surface area contributed by atoms with E-state index in [4.69, 9.17) is 4.74 Å². The van der Waals surface area contributed by atoms with Gasteiger partial charge in [0, 0.05) is 12.1 Å². The van der Waals surface area contributed by atoms with Crippen molar-refractivity contribution < 1.29 is 9.84 Å². The van der Waals surface area contributed by atoms with Crippen LogP contribution < -0.4 is 10.1 Å². The summed E-state index contributed by atoms with van der Waals surface area (Å²) in [5.41, 5.74) is 3.36. The molecule has 0 heterocycles. The summed E-state index contributed by atoms with van der Waals surface area (Å²) in [6.45, 7) is 7.48.